The lowest BCUT2D eigenvalue weighted by molar-refractivity contribution is 0.0686. The molecule has 0 radical (unpaired) electrons. The molecule has 0 aliphatic carbocycles. The van der Waals surface area contributed by atoms with Crippen molar-refractivity contribution in [2.45, 2.75) is 6.92 Å². The van der Waals surface area contributed by atoms with Crippen LogP contribution >= 0.6 is 11.6 Å². The monoisotopic (exact) mass is 361 g/mol. The molecular formula is C18H16ClNO5. The van der Waals surface area contributed by atoms with E-state index in [-0.39, 0.29) is 22.2 Å². The van der Waals surface area contributed by atoms with Crippen LogP contribution < -0.4 is 14.8 Å². The average Bonchev–Trinajstić information content (AvgIpc) is 2.60. The average molecular weight is 362 g/mol. The molecule has 1 heterocycles. The summed E-state index contributed by atoms with van der Waals surface area (Å²) in [5, 5.41) is 12.4. The van der Waals surface area contributed by atoms with E-state index in [4.69, 9.17) is 21.1 Å². The maximum Gasteiger partial charge on any atom is 0.339 e. The van der Waals surface area contributed by atoms with Gasteiger partial charge in [0, 0.05) is 6.54 Å². The number of carbonyl (C=O) groups excluding carboxylic acids is 1. The number of nitrogens with one attached hydrogen (secondary N) is 1. The van der Waals surface area contributed by atoms with Crippen LogP contribution in [0, 0.1) is 0 Å². The van der Waals surface area contributed by atoms with E-state index in [0.717, 1.165) is 0 Å². The predicted molar refractivity (Wildman–Crippen MR) is 92.8 cm³/mol. The lowest BCUT2D eigenvalue weighted by Gasteiger charge is -2.21. The van der Waals surface area contributed by atoms with Crippen LogP contribution in [0.25, 0.3) is 11.1 Å². The number of carbonyl (C=O) groups is 2. The molecule has 130 valence electrons. The fourth-order valence-corrected chi connectivity index (χ4v) is 2.88. The van der Waals surface area contributed by atoms with E-state index in [2.05, 4.69) is 5.32 Å². The van der Waals surface area contributed by atoms with E-state index in [0.29, 0.717) is 42.2 Å². The van der Waals surface area contributed by atoms with Crippen molar-refractivity contribution in [3.63, 3.8) is 0 Å². The maximum atomic E-state index is 11.9. The molecule has 0 spiro atoms. The standard InChI is InChI=1S/C18H16ClNO5/c1-2-20-17(21)12-4-3-10(8-14(12)19)11-7-13(18(22)23)16-15(9-11)24-5-6-25-16/h3-4,7-9H,2,5-6H2,1H3,(H,20,21)(H,22,23). The van der Waals surface area contributed by atoms with Gasteiger partial charge in [0.2, 0.25) is 0 Å². The Hall–Kier alpha value is -2.73. The Labute approximate surface area is 149 Å². The summed E-state index contributed by atoms with van der Waals surface area (Å²) in [7, 11) is 0. The summed E-state index contributed by atoms with van der Waals surface area (Å²) in [5.74, 6) is -0.751. The van der Waals surface area contributed by atoms with Gasteiger partial charge in [0.1, 0.15) is 18.8 Å². The number of ether oxygens (including phenoxy) is 2. The summed E-state index contributed by atoms with van der Waals surface area (Å²) < 4.78 is 10.9. The molecule has 0 saturated heterocycles. The van der Waals surface area contributed by atoms with E-state index < -0.39 is 5.97 Å². The number of amides is 1. The van der Waals surface area contributed by atoms with Crippen molar-refractivity contribution in [2.75, 3.05) is 19.8 Å². The summed E-state index contributed by atoms with van der Waals surface area (Å²) in [6.45, 7) is 2.98. The Bertz CT molecular complexity index is 850. The number of hydrogen-bond acceptors (Lipinski definition) is 4. The molecule has 0 unspecified atom stereocenters. The highest BCUT2D eigenvalue weighted by Crippen LogP contribution is 2.39. The zero-order valence-electron chi connectivity index (χ0n) is 13.5. The Morgan fingerprint density at radius 3 is 2.56 bits per heavy atom. The van der Waals surface area contributed by atoms with Crippen molar-refractivity contribution in [3.8, 4) is 22.6 Å². The minimum absolute atomic E-state index is 0.0242. The van der Waals surface area contributed by atoms with E-state index in [1.807, 2.05) is 6.92 Å². The van der Waals surface area contributed by atoms with Crippen molar-refractivity contribution in [1.29, 1.82) is 0 Å². The Kier molecular flexibility index (Phi) is 4.81. The maximum absolute atomic E-state index is 11.9. The molecule has 2 N–H and O–H groups in total. The van der Waals surface area contributed by atoms with Gasteiger partial charge in [0.05, 0.1) is 10.6 Å². The number of carboxylic acid groups (broad SMARTS) is 1. The Morgan fingerprint density at radius 2 is 1.88 bits per heavy atom. The summed E-state index contributed by atoms with van der Waals surface area (Å²) >= 11 is 6.22. The molecule has 0 atom stereocenters. The molecule has 1 aliphatic heterocycles. The molecule has 3 rings (SSSR count). The molecular weight excluding hydrogens is 346 g/mol. The van der Waals surface area contributed by atoms with Gasteiger partial charge in [-0.25, -0.2) is 4.79 Å². The fourth-order valence-electron chi connectivity index (χ4n) is 2.61. The number of aromatic carboxylic acids is 1. The summed E-state index contributed by atoms with van der Waals surface area (Å²) in [6, 6.07) is 8.17. The first kappa shape index (κ1) is 17.1. The fraction of sp³-hybridized carbons (Fsp3) is 0.222. The minimum atomic E-state index is -1.10. The van der Waals surface area contributed by atoms with E-state index >= 15 is 0 Å². The van der Waals surface area contributed by atoms with Crippen LogP contribution in [0.5, 0.6) is 11.5 Å². The largest absolute Gasteiger partial charge is 0.486 e. The van der Waals surface area contributed by atoms with Crippen LogP contribution in [-0.2, 0) is 0 Å². The number of benzene rings is 2. The molecule has 7 heteroatoms. The molecule has 0 saturated carbocycles. The second-order valence-electron chi connectivity index (χ2n) is 5.41. The second-order valence-corrected chi connectivity index (χ2v) is 5.81. The highest BCUT2D eigenvalue weighted by molar-refractivity contribution is 6.34. The van der Waals surface area contributed by atoms with E-state index in [9.17, 15) is 14.7 Å². The van der Waals surface area contributed by atoms with Gasteiger partial charge in [-0.05, 0) is 42.3 Å². The number of rotatable bonds is 4. The van der Waals surface area contributed by atoms with Crippen LogP contribution in [0.3, 0.4) is 0 Å². The number of carboxylic acids is 1. The van der Waals surface area contributed by atoms with Gasteiger partial charge in [-0.15, -0.1) is 0 Å². The summed E-state index contributed by atoms with van der Waals surface area (Å²) in [4.78, 5) is 23.5. The van der Waals surface area contributed by atoms with Gasteiger partial charge < -0.3 is 19.9 Å². The van der Waals surface area contributed by atoms with Crippen molar-refractivity contribution >= 4 is 23.5 Å². The van der Waals surface area contributed by atoms with Gasteiger partial charge in [-0.3, -0.25) is 4.79 Å². The van der Waals surface area contributed by atoms with Crippen molar-refractivity contribution in [3.05, 3.63) is 46.5 Å². The molecule has 1 aliphatic rings. The smallest absolute Gasteiger partial charge is 0.339 e. The van der Waals surface area contributed by atoms with Gasteiger partial charge in [0.15, 0.2) is 11.5 Å². The van der Waals surface area contributed by atoms with Crippen LogP contribution in [-0.4, -0.2) is 36.7 Å². The first-order valence-electron chi connectivity index (χ1n) is 7.76. The predicted octanol–water partition coefficient (Wildman–Crippen LogP) is 3.23. The molecule has 0 bridgehead atoms. The van der Waals surface area contributed by atoms with Crippen molar-refractivity contribution in [1.82, 2.24) is 5.32 Å². The normalized spacial score (nSPS) is 12.6. The number of hydrogen-bond donors (Lipinski definition) is 2. The third-order valence-corrected chi connectivity index (χ3v) is 4.07. The first-order valence-corrected chi connectivity index (χ1v) is 8.14. The van der Waals surface area contributed by atoms with Crippen LogP contribution in [0.4, 0.5) is 0 Å². The third kappa shape index (κ3) is 3.39. The summed E-state index contributed by atoms with van der Waals surface area (Å²) in [6.07, 6.45) is 0. The number of halogens is 1. The Morgan fingerprint density at radius 1 is 1.12 bits per heavy atom. The zero-order chi connectivity index (χ0) is 18.0. The van der Waals surface area contributed by atoms with Gasteiger partial charge >= 0.3 is 5.97 Å². The second kappa shape index (κ2) is 7.03. The molecule has 1 amide bonds. The highest BCUT2D eigenvalue weighted by atomic mass is 35.5. The van der Waals surface area contributed by atoms with Gasteiger partial charge in [-0.1, -0.05) is 17.7 Å². The van der Waals surface area contributed by atoms with Crippen LogP contribution in [0.15, 0.2) is 30.3 Å². The van der Waals surface area contributed by atoms with Crippen LogP contribution in [0.1, 0.15) is 27.6 Å². The number of fused-ring (bicyclic) bond motifs is 1. The highest BCUT2D eigenvalue weighted by Gasteiger charge is 2.22. The zero-order valence-corrected chi connectivity index (χ0v) is 14.2. The van der Waals surface area contributed by atoms with Crippen LogP contribution in [0.2, 0.25) is 5.02 Å². The van der Waals surface area contributed by atoms with Gasteiger partial charge in [0.25, 0.3) is 5.91 Å². The summed E-state index contributed by atoms with van der Waals surface area (Å²) in [5.41, 5.74) is 1.68. The van der Waals surface area contributed by atoms with E-state index in [1.165, 1.54) is 6.07 Å². The van der Waals surface area contributed by atoms with E-state index in [1.54, 1.807) is 24.3 Å². The first-order chi connectivity index (χ1) is 12.0. The molecule has 0 aromatic heterocycles. The molecule has 0 fully saturated rings. The quantitative estimate of drug-likeness (QED) is 0.873. The molecule has 2 aromatic carbocycles. The minimum Gasteiger partial charge on any atom is -0.486 e. The van der Waals surface area contributed by atoms with Crippen molar-refractivity contribution < 1.29 is 24.2 Å². The molecule has 6 nitrogen and oxygen atoms in total. The SMILES string of the molecule is CCNC(=O)c1ccc(-c2cc3c(c(C(=O)O)c2)OCCO3)cc1Cl. The Balaban J connectivity index is 2.05. The third-order valence-electron chi connectivity index (χ3n) is 3.76. The molecule has 2 aromatic rings. The molecule has 25 heavy (non-hydrogen) atoms. The topological polar surface area (TPSA) is 84.9 Å². The van der Waals surface area contributed by atoms with Gasteiger partial charge in [-0.2, -0.15) is 0 Å². The van der Waals surface area contributed by atoms with Crippen molar-refractivity contribution in [2.24, 2.45) is 0 Å². The lowest BCUT2D eigenvalue weighted by atomic mass is 10.00. The lowest BCUT2D eigenvalue weighted by Crippen LogP contribution is -2.22.